The van der Waals surface area contributed by atoms with Gasteiger partial charge in [0.25, 0.3) is 0 Å². The Bertz CT molecular complexity index is 531. The maximum atomic E-state index is 5.97. The highest BCUT2D eigenvalue weighted by Crippen LogP contribution is 2.39. The van der Waals surface area contributed by atoms with Gasteiger partial charge in [0, 0.05) is 11.6 Å². The second-order valence-electron chi connectivity index (χ2n) is 4.31. The predicted octanol–water partition coefficient (Wildman–Crippen LogP) is 3.98. The molecule has 0 radical (unpaired) electrons. The Kier molecular flexibility index (Phi) is 2.42. The molecular weight excluding hydrogens is 242 g/mol. The maximum absolute atomic E-state index is 5.97. The van der Waals surface area contributed by atoms with Crippen molar-refractivity contribution in [2.75, 3.05) is 6.61 Å². The quantitative estimate of drug-likeness (QED) is 0.767. The zero-order valence-electron chi connectivity index (χ0n) is 9.00. The maximum Gasteiger partial charge on any atom is 0.126 e. The molecule has 1 aliphatic rings. The van der Waals surface area contributed by atoms with Gasteiger partial charge in [-0.15, -0.1) is 11.3 Å². The molecule has 84 valence electrons. The van der Waals surface area contributed by atoms with Crippen LogP contribution in [0.5, 0.6) is 0 Å². The van der Waals surface area contributed by atoms with Gasteiger partial charge in [-0.3, -0.25) is 0 Å². The van der Waals surface area contributed by atoms with Gasteiger partial charge in [0.15, 0.2) is 0 Å². The molecule has 1 atom stereocenters. The molecule has 1 aromatic carbocycles. The SMILES string of the molecule is CC1(c2nc3ccc(Cl)cc3s2)CCCO1. The molecule has 1 fully saturated rings. The molecule has 2 aromatic rings. The van der Waals surface area contributed by atoms with Crippen LogP contribution in [-0.2, 0) is 10.3 Å². The van der Waals surface area contributed by atoms with E-state index in [9.17, 15) is 0 Å². The van der Waals surface area contributed by atoms with Gasteiger partial charge in [0.2, 0.25) is 0 Å². The van der Waals surface area contributed by atoms with E-state index in [4.69, 9.17) is 16.3 Å². The lowest BCUT2D eigenvalue weighted by molar-refractivity contribution is 0.0168. The number of nitrogens with zero attached hydrogens (tertiary/aromatic N) is 1. The lowest BCUT2D eigenvalue weighted by Crippen LogP contribution is -2.19. The minimum absolute atomic E-state index is 0.184. The van der Waals surface area contributed by atoms with Crippen LogP contribution in [0.2, 0.25) is 5.02 Å². The van der Waals surface area contributed by atoms with E-state index in [0.717, 1.165) is 39.7 Å². The zero-order valence-corrected chi connectivity index (χ0v) is 10.6. The van der Waals surface area contributed by atoms with Crippen LogP contribution >= 0.6 is 22.9 Å². The molecule has 1 aliphatic heterocycles. The highest BCUT2D eigenvalue weighted by molar-refractivity contribution is 7.18. The number of benzene rings is 1. The first-order valence-electron chi connectivity index (χ1n) is 5.38. The number of hydrogen-bond acceptors (Lipinski definition) is 3. The fraction of sp³-hybridized carbons (Fsp3) is 0.417. The van der Waals surface area contributed by atoms with Gasteiger partial charge in [-0.05, 0) is 38.0 Å². The van der Waals surface area contributed by atoms with E-state index in [1.165, 1.54) is 0 Å². The van der Waals surface area contributed by atoms with Gasteiger partial charge in [0.1, 0.15) is 10.6 Å². The number of thiazole rings is 1. The van der Waals surface area contributed by atoms with Gasteiger partial charge >= 0.3 is 0 Å². The van der Waals surface area contributed by atoms with Crippen molar-refractivity contribution in [3.05, 3.63) is 28.2 Å². The summed E-state index contributed by atoms with van der Waals surface area (Å²) in [6, 6.07) is 5.82. The normalized spacial score (nSPS) is 25.4. The molecule has 16 heavy (non-hydrogen) atoms. The number of aromatic nitrogens is 1. The molecule has 2 heterocycles. The first kappa shape index (κ1) is 10.5. The smallest absolute Gasteiger partial charge is 0.126 e. The Balaban J connectivity index is 2.11. The van der Waals surface area contributed by atoms with Crippen molar-refractivity contribution in [2.45, 2.75) is 25.4 Å². The predicted molar refractivity (Wildman–Crippen MR) is 67.2 cm³/mol. The Morgan fingerprint density at radius 1 is 1.50 bits per heavy atom. The van der Waals surface area contributed by atoms with Crippen molar-refractivity contribution in [1.29, 1.82) is 0 Å². The molecule has 0 N–H and O–H groups in total. The van der Waals surface area contributed by atoms with E-state index < -0.39 is 0 Å². The van der Waals surface area contributed by atoms with Crippen LogP contribution in [0.25, 0.3) is 10.2 Å². The number of hydrogen-bond donors (Lipinski definition) is 0. The second kappa shape index (κ2) is 3.69. The van der Waals surface area contributed by atoms with Gasteiger partial charge in [-0.25, -0.2) is 4.98 Å². The summed E-state index contributed by atoms with van der Waals surface area (Å²) in [6.45, 7) is 2.96. The molecule has 0 aliphatic carbocycles. The molecule has 1 saturated heterocycles. The van der Waals surface area contributed by atoms with Crippen LogP contribution in [0, 0.1) is 0 Å². The molecule has 3 rings (SSSR count). The average Bonchev–Trinajstić information content (AvgIpc) is 2.84. The van der Waals surface area contributed by atoms with E-state index in [0.29, 0.717) is 0 Å². The van der Waals surface area contributed by atoms with Gasteiger partial charge in [0.05, 0.1) is 10.2 Å². The summed E-state index contributed by atoms with van der Waals surface area (Å²) >= 11 is 7.66. The van der Waals surface area contributed by atoms with Crippen molar-refractivity contribution >= 4 is 33.2 Å². The lowest BCUT2D eigenvalue weighted by atomic mass is 10.0. The van der Waals surface area contributed by atoms with Crippen molar-refractivity contribution in [2.24, 2.45) is 0 Å². The zero-order chi connectivity index (χ0) is 11.2. The summed E-state index contributed by atoms with van der Waals surface area (Å²) in [5, 5.41) is 1.84. The van der Waals surface area contributed by atoms with E-state index in [1.807, 2.05) is 18.2 Å². The third kappa shape index (κ3) is 1.63. The highest BCUT2D eigenvalue weighted by Gasteiger charge is 2.34. The van der Waals surface area contributed by atoms with Gasteiger partial charge in [-0.2, -0.15) is 0 Å². The largest absolute Gasteiger partial charge is 0.368 e. The van der Waals surface area contributed by atoms with Gasteiger partial charge < -0.3 is 4.74 Å². The molecule has 0 bridgehead atoms. The summed E-state index contributed by atoms with van der Waals surface area (Å²) in [5.41, 5.74) is 0.831. The minimum atomic E-state index is -0.184. The fourth-order valence-electron chi connectivity index (χ4n) is 2.07. The standard InChI is InChI=1S/C12H12ClNOS/c1-12(5-2-6-15-12)11-14-9-4-3-8(13)7-10(9)16-11/h3-4,7H,2,5-6H2,1H3. The topological polar surface area (TPSA) is 22.1 Å². The molecule has 1 unspecified atom stereocenters. The van der Waals surface area contributed by atoms with Crippen molar-refractivity contribution in [3.8, 4) is 0 Å². The summed E-state index contributed by atoms with van der Waals surface area (Å²) < 4.78 is 6.94. The molecule has 0 spiro atoms. The Hall–Kier alpha value is -0.640. The highest BCUT2D eigenvalue weighted by atomic mass is 35.5. The Labute approximate surface area is 103 Å². The van der Waals surface area contributed by atoms with E-state index >= 15 is 0 Å². The van der Waals surface area contributed by atoms with Gasteiger partial charge in [-0.1, -0.05) is 11.6 Å². The van der Waals surface area contributed by atoms with E-state index in [2.05, 4.69) is 11.9 Å². The molecule has 1 aromatic heterocycles. The van der Waals surface area contributed by atoms with Crippen LogP contribution < -0.4 is 0 Å². The van der Waals surface area contributed by atoms with Crippen LogP contribution in [0.1, 0.15) is 24.8 Å². The Morgan fingerprint density at radius 2 is 2.38 bits per heavy atom. The first-order chi connectivity index (χ1) is 7.67. The number of ether oxygens (including phenoxy) is 1. The summed E-state index contributed by atoms with van der Waals surface area (Å²) in [5.74, 6) is 0. The van der Waals surface area contributed by atoms with Crippen LogP contribution in [0.3, 0.4) is 0 Å². The lowest BCUT2D eigenvalue weighted by Gasteiger charge is -2.19. The number of fused-ring (bicyclic) bond motifs is 1. The molecule has 0 amide bonds. The van der Waals surface area contributed by atoms with Crippen molar-refractivity contribution in [3.63, 3.8) is 0 Å². The summed E-state index contributed by atoms with van der Waals surface area (Å²) in [7, 11) is 0. The number of halogens is 1. The number of rotatable bonds is 1. The van der Waals surface area contributed by atoms with Crippen LogP contribution in [-0.4, -0.2) is 11.6 Å². The first-order valence-corrected chi connectivity index (χ1v) is 6.57. The van der Waals surface area contributed by atoms with E-state index in [-0.39, 0.29) is 5.60 Å². The molecule has 2 nitrogen and oxygen atoms in total. The molecule has 0 saturated carbocycles. The third-order valence-corrected chi connectivity index (χ3v) is 4.52. The third-order valence-electron chi connectivity index (χ3n) is 3.02. The van der Waals surface area contributed by atoms with Crippen LogP contribution in [0.4, 0.5) is 0 Å². The monoisotopic (exact) mass is 253 g/mol. The minimum Gasteiger partial charge on any atom is -0.368 e. The fourth-order valence-corrected chi connectivity index (χ4v) is 3.44. The average molecular weight is 254 g/mol. The van der Waals surface area contributed by atoms with Crippen molar-refractivity contribution in [1.82, 2.24) is 4.98 Å². The second-order valence-corrected chi connectivity index (χ2v) is 5.78. The Morgan fingerprint density at radius 3 is 3.12 bits per heavy atom. The van der Waals surface area contributed by atoms with Crippen LogP contribution in [0.15, 0.2) is 18.2 Å². The van der Waals surface area contributed by atoms with Crippen molar-refractivity contribution < 1.29 is 4.74 Å². The summed E-state index contributed by atoms with van der Waals surface area (Å²) in [6.07, 6.45) is 2.17. The molecule has 4 heteroatoms. The van der Waals surface area contributed by atoms with E-state index in [1.54, 1.807) is 11.3 Å². The molecular formula is C12H12ClNOS. The summed E-state index contributed by atoms with van der Waals surface area (Å²) in [4.78, 5) is 4.64.